The van der Waals surface area contributed by atoms with Gasteiger partial charge in [0, 0.05) is 13.2 Å². The molecule has 0 aliphatic rings. The first-order valence-electron chi connectivity index (χ1n) is 8.90. The normalized spacial score (nSPS) is 11.3. The van der Waals surface area contributed by atoms with E-state index in [1.54, 1.807) is 0 Å². The Kier molecular flexibility index (Phi) is 7.12. The quantitative estimate of drug-likeness (QED) is 0.716. The van der Waals surface area contributed by atoms with E-state index >= 15 is 0 Å². The van der Waals surface area contributed by atoms with Crippen molar-refractivity contribution < 1.29 is 14.3 Å². The summed E-state index contributed by atoms with van der Waals surface area (Å²) in [5, 5.41) is 6.79. The van der Waals surface area contributed by atoms with Gasteiger partial charge in [0.15, 0.2) is 0 Å². The fraction of sp³-hybridized carbons (Fsp3) is 0.450. The molecule has 1 amide bonds. The number of carbonyl (C=O) groups is 1. The number of aromatic nitrogens is 2. The van der Waals surface area contributed by atoms with Crippen molar-refractivity contribution in [3.8, 4) is 5.75 Å². The minimum absolute atomic E-state index is 0.0965. The number of rotatable bonds is 8. The third-order valence-corrected chi connectivity index (χ3v) is 3.98. The molecule has 0 radical (unpaired) electrons. The summed E-state index contributed by atoms with van der Waals surface area (Å²) in [7, 11) is 1.54. The molecule has 0 saturated heterocycles. The molecule has 7 nitrogen and oxygen atoms in total. The molecule has 0 bridgehead atoms. The first-order valence-corrected chi connectivity index (χ1v) is 8.90. The van der Waals surface area contributed by atoms with E-state index in [0.717, 1.165) is 5.75 Å². The van der Waals surface area contributed by atoms with Crippen molar-refractivity contribution in [2.75, 3.05) is 26.9 Å². The van der Waals surface area contributed by atoms with E-state index in [9.17, 15) is 9.59 Å². The van der Waals surface area contributed by atoms with Gasteiger partial charge in [0.1, 0.15) is 18.1 Å². The van der Waals surface area contributed by atoms with Gasteiger partial charge < -0.3 is 14.8 Å². The van der Waals surface area contributed by atoms with Gasteiger partial charge in [0.05, 0.1) is 19.7 Å². The Morgan fingerprint density at radius 3 is 2.44 bits per heavy atom. The molecule has 0 spiro atoms. The molecule has 1 heterocycles. The van der Waals surface area contributed by atoms with E-state index in [2.05, 4.69) is 31.2 Å². The topological polar surface area (TPSA) is 82.5 Å². The SMILES string of the molecule is COCCn1nc(C(=O)NCCOc2ccc(C(C)(C)C)cc2)ccc1=O. The second-order valence-electron chi connectivity index (χ2n) is 7.15. The van der Waals surface area contributed by atoms with E-state index in [1.165, 1.54) is 29.5 Å². The van der Waals surface area contributed by atoms with Crippen LogP contribution in [0.25, 0.3) is 0 Å². The summed E-state index contributed by atoms with van der Waals surface area (Å²) in [6, 6.07) is 10.7. The Bertz CT molecular complexity index is 807. The molecule has 146 valence electrons. The van der Waals surface area contributed by atoms with Crippen LogP contribution in [0.2, 0.25) is 0 Å². The molecular weight excluding hydrogens is 346 g/mol. The molecule has 2 aromatic rings. The Morgan fingerprint density at radius 2 is 1.81 bits per heavy atom. The average molecular weight is 373 g/mol. The van der Waals surface area contributed by atoms with Gasteiger partial charge in [-0.15, -0.1) is 0 Å². The van der Waals surface area contributed by atoms with Crippen LogP contribution in [-0.2, 0) is 16.7 Å². The second kappa shape index (κ2) is 9.32. The lowest BCUT2D eigenvalue weighted by molar-refractivity contribution is 0.0938. The highest BCUT2D eigenvalue weighted by Gasteiger charge is 2.13. The fourth-order valence-electron chi connectivity index (χ4n) is 2.38. The molecule has 1 aromatic carbocycles. The number of amides is 1. The first kappa shape index (κ1) is 20.6. The molecule has 0 fully saturated rings. The zero-order valence-corrected chi connectivity index (χ0v) is 16.3. The molecule has 0 unspecified atom stereocenters. The van der Waals surface area contributed by atoms with Crippen molar-refractivity contribution in [2.45, 2.75) is 32.7 Å². The summed E-state index contributed by atoms with van der Waals surface area (Å²) < 4.78 is 11.8. The van der Waals surface area contributed by atoms with Crippen molar-refractivity contribution in [3.05, 3.63) is 58.0 Å². The predicted molar refractivity (Wildman–Crippen MR) is 103 cm³/mol. The molecule has 0 aliphatic carbocycles. The summed E-state index contributed by atoms with van der Waals surface area (Å²) in [5.74, 6) is 0.399. The largest absolute Gasteiger partial charge is 0.492 e. The number of ether oxygens (including phenoxy) is 2. The molecule has 1 aromatic heterocycles. The van der Waals surface area contributed by atoms with Gasteiger partial charge in [-0.05, 0) is 29.2 Å². The van der Waals surface area contributed by atoms with E-state index in [4.69, 9.17) is 9.47 Å². The standard InChI is InChI=1S/C20H27N3O4/c1-20(2,3)15-5-7-16(8-6-15)27-13-11-21-19(25)17-9-10-18(24)23(22-17)12-14-26-4/h5-10H,11-14H2,1-4H3,(H,21,25). The number of benzene rings is 1. The Labute approximate surface area is 159 Å². The van der Waals surface area contributed by atoms with E-state index in [-0.39, 0.29) is 22.6 Å². The summed E-state index contributed by atoms with van der Waals surface area (Å²) in [5.41, 5.74) is 1.24. The lowest BCUT2D eigenvalue weighted by atomic mass is 9.87. The van der Waals surface area contributed by atoms with Crippen molar-refractivity contribution in [2.24, 2.45) is 0 Å². The van der Waals surface area contributed by atoms with Crippen LogP contribution in [-0.4, -0.2) is 42.6 Å². The maximum absolute atomic E-state index is 12.2. The van der Waals surface area contributed by atoms with Gasteiger partial charge in [-0.1, -0.05) is 32.9 Å². The van der Waals surface area contributed by atoms with Gasteiger partial charge in [-0.25, -0.2) is 4.68 Å². The highest BCUT2D eigenvalue weighted by atomic mass is 16.5. The minimum atomic E-state index is -0.354. The van der Waals surface area contributed by atoms with Crippen molar-refractivity contribution in [1.82, 2.24) is 15.1 Å². The third kappa shape index (κ3) is 6.21. The molecule has 1 N–H and O–H groups in total. The minimum Gasteiger partial charge on any atom is -0.492 e. The molecule has 0 saturated carbocycles. The number of methoxy groups -OCH3 is 1. The Morgan fingerprint density at radius 1 is 1.11 bits per heavy atom. The number of hydrogen-bond donors (Lipinski definition) is 1. The van der Waals surface area contributed by atoms with E-state index in [1.807, 2.05) is 24.3 Å². The Hall–Kier alpha value is -2.67. The summed E-state index contributed by atoms with van der Waals surface area (Å²) in [6.07, 6.45) is 0. The molecule has 7 heteroatoms. The van der Waals surface area contributed by atoms with E-state index in [0.29, 0.717) is 26.3 Å². The van der Waals surface area contributed by atoms with Gasteiger partial charge in [0.25, 0.3) is 11.5 Å². The van der Waals surface area contributed by atoms with Crippen molar-refractivity contribution in [3.63, 3.8) is 0 Å². The zero-order chi connectivity index (χ0) is 19.9. The van der Waals surface area contributed by atoms with Gasteiger partial charge in [-0.2, -0.15) is 5.10 Å². The molecule has 27 heavy (non-hydrogen) atoms. The molecule has 0 aliphatic heterocycles. The maximum Gasteiger partial charge on any atom is 0.271 e. The van der Waals surface area contributed by atoms with Crippen molar-refractivity contribution >= 4 is 5.91 Å². The van der Waals surface area contributed by atoms with E-state index < -0.39 is 0 Å². The highest BCUT2D eigenvalue weighted by Crippen LogP contribution is 2.24. The zero-order valence-electron chi connectivity index (χ0n) is 16.3. The number of nitrogens with one attached hydrogen (secondary N) is 1. The molecular formula is C20H27N3O4. The van der Waals surface area contributed by atoms with Gasteiger partial charge >= 0.3 is 0 Å². The van der Waals surface area contributed by atoms with Crippen LogP contribution in [0.4, 0.5) is 0 Å². The number of hydrogen-bond acceptors (Lipinski definition) is 5. The first-order chi connectivity index (χ1) is 12.8. The van der Waals surface area contributed by atoms with Crippen LogP contribution in [0, 0.1) is 0 Å². The van der Waals surface area contributed by atoms with Gasteiger partial charge in [-0.3, -0.25) is 9.59 Å². The number of nitrogens with zero attached hydrogens (tertiary/aromatic N) is 2. The lowest BCUT2D eigenvalue weighted by Gasteiger charge is -2.19. The molecule has 0 atom stereocenters. The van der Waals surface area contributed by atoms with Crippen LogP contribution >= 0.6 is 0 Å². The average Bonchev–Trinajstić information content (AvgIpc) is 2.64. The van der Waals surface area contributed by atoms with Crippen molar-refractivity contribution in [1.29, 1.82) is 0 Å². The second-order valence-corrected chi connectivity index (χ2v) is 7.15. The smallest absolute Gasteiger partial charge is 0.271 e. The monoisotopic (exact) mass is 373 g/mol. The van der Waals surface area contributed by atoms with Crippen LogP contribution in [0.3, 0.4) is 0 Å². The molecule has 2 rings (SSSR count). The summed E-state index contributed by atoms with van der Waals surface area (Å²) in [6.45, 7) is 7.78. The van der Waals surface area contributed by atoms with Gasteiger partial charge in [0.2, 0.25) is 0 Å². The summed E-state index contributed by atoms with van der Waals surface area (Å²) >= 11 is 0. The third-order valence-electron chi connectivity index (χ3n) is 3.98. The lowest BCUT2D eigenvalue weighted by Crippen LogP contribution is -2.32. The number of carbonyl (C=O) groups excluding carboxylic acids is 1. The predicted octanol–water partition coefficient (Wildman–Crippen LogP) is 2.00. The van der Waals surface area contributed by atoms with Crippen LogP contribution in [0.1, 0.15) is 36.8 Å². The Balaban J connectivity index is 1.83. The van der Waals surface area contributed by atoms with Crippen LogP contribution in [0.5, 0.6) is 5.75 Å². The maximum atomic E-state index is 12.2. The summed E-state index contributed by atoms with van der Waals surface area (Å²) in [4.78, 5) is 23.9. The van der Waals surface area contributed by atoms with Crippen LogP contribution in [0.15, 0.2) is 41.2 Å². The van der Waals surface area contributed by atoms with Crippen LogP contribution < -0.4 is 15.6 Å². The fourth-order valence-corrected chi connectivity index (χ4v) is 2.38. The highest BCUT2D eigenvalue weighted by molar-refractivity contribution is 5.91.